The van der Waals surface area contributed by atoms with Gasteiger partial charge in [-0.15, -0.1) is 0 Å². The summed E-state index contributed by atoms with van der Waals surface area (Å²) in [4.78, 5) is 25.5. The molecule has 0 fully saturated rings. The van der Waals surface area contributed by atoms with E-state index in [2.05, 4.69) is 5.32 Å². The van der Waals surface area contributed by atoms with Crippen LogP contribution in [0.25, 0.3) is 0 Å². The maximum atomic E-state index is 12.2. The Morgan fingerprint density at radius 1 is 1.00 bits per heavy atom. The summed E-state index contributed by atoms with van der Waals surface area (Å²) in [6.07, 6.45) is -0.197. The SMILES string of the molecule is O=C(CC(C(=O)O)N(CCO)Cc1ccccc1)Nc1ccccc1. The largest absolute Gasteiger partial charge is 0.480 e. The number of aliphatic carboxylic acids is 1. The van der Waals surface area contributed by atoms with Crippen molar-refractivity contribution >= 4 is 17.6 Å². The molecule has 2 aromatic carbocycles. The number of aliphatic hydroxyl groups excluding tert-OH is 1. The van der Waals surface area contributed by atoms with Crippen LogP contribution < -0.4 is 5.32 Å². The Kier molecular flexibility index (Phi) is 7.13. The first-order valence-corrected chi connectivity index (χ1v) is 8.06. The van der Waals surface area contributed by atoms with Gasteiger partial charge >= 0.3 is 5.97 Å². The minimum absolute atomic E-state index is 0.171. The van der Waals surface area contributed by atoms with E-state index in [4.69, 9.17) is 0 Å². The van der Waals surface area contributed by atoms with Crippen molar-refractivity contribution in [1.29, 1.82) is 0 Å². The number of benzene rings is 2. The van der Waals surface area contributed by atoms with Gasteiger partial charge in [-0.3, -0.25) is 14.5 Å². The molecule has 3 N–H and O–H groups in total. The second-order valence-electron chi connectivity index (χ2n) is 5.65. The number of hydrogen-bond acceptors (Lipinski definition) is 4. The highest BCUT2D eigenvalue weighted by Crippen LogP contribution is 2.13. The number of hydrogen-bond donors (Lipinski definition) is 3. The summed E-state index contributed by atoms with van der Waals surface area (Å²) < 4.78 is 0. The zero-order valence-corrected chi connectivity index (χ0v) is 13.8. The van der Waals surface area contributed by atoms with Crippen molar-refractivity contribution in [1.82, 2.24) is 4.90 Å². The summed E-state index contributed by atoms with van der Waals surface area (Å²) in [5.41, 5.74) is 1.54. The molecule has 0 bridgehead atoms. The second-order valence-corrected chi connectivity index (χ2v) is 5.65. The van der Waals surface area contributed by atoms with Crippen LogP contribution in [0.15, 0.2) is 60.7 Å². The lowest BCUT2D eigenvalue weighted by Gasteiger charge is -2.28. The quantitative estimate of drug-likeness (QED) is 0.648. The van der Waals surface area contributed by atoms with Crippen LogP contribution in [0.3, 0.4) is 0 Å². The van der Waals surface area contributed by atoms with Crippen LogP contribution >= 0.6 is 0 Å². The van der Waals surface area contributed by atoms with Crippen LogP contribution in [0, 0.1) is 0 Å². The van der Waals surface area contributed by atoms with Crippen molar-refractivity contribution in [2.75, 3.05) is 18.5 Å². The molecule has 2 rings (SSSR count). The van der Waals surface area contributed by atoms with E-state index in [0.717, 1.165) is 5.56 Å². The lowest BCUT2D eigenvalue weighted by Crippen LogP contribution is -2.44. The summed E-state index contributed by atoms with van der Waals surface area (Å²) in [5.74, 6) is -1.47. The summed E-state index contributed by atoms with van der Waals surface area (Å²) in [5, 5.41) is 21.5. The molecule has 6 heteroatoms. The van der Waals surface area contributed by atoms with Crippen LogP contribution in [0.2, 0.25) is 0 Å². The lowest BCUT2D eigenvalue weighted by atomic mass is 10.1. The predicted octanol–water partition coefficient (Wildman–Crippen LogP) is 1.96. The van der Waals surface area contributed by atoms with Gasteiger partial charge in [0.15, 0.2) is 0 Å². The number of amides is 1. The van der Waals surface area contributed by atoms with Gasteiger partial charge in [-0.1, -0.05) is 48.5 Å². The van der Waals surface area contributed by atoms with Gasteiger partial charge in [-0.05, 0) is 17.7 Å². The molecule has 0 saturated carbocycles. The van der Waals surface area contributed by atoms with Crippen molar-refractivity contribution in [2.45, 2.75) is 19.0 Å². The molecule has 0 aliphatic carbocycles. The molecule has 0 aliphatic rings. The van der Waals surface area contributed by atoms with Crippen LogP contribution in [-0.4, -0.2) is 46.2 Å². The number of rotatable bonds is 9. The second kappa shape index (κ2) is 9.56. The number of anilines is 1. The standard InChI is InChI=1S/C19H22N2O4/c22-12-11-21(14-15-7-3-1-4-8-15)17(19(24)25)13-18(23)20-16-9-5-2-6-10-16/h1-10,17,22H,11-14H2,(H,20,23)(H,24,25). The van der Waals surface area contributed by atoms with E-state index >= 15 is 0 Å². The lowest BCUT2D eigenvalue weighted by molar-refractivity contribution is -0.145. The first-order valence-electron chi connectivity index (χ1n) is 8.06. The number of nitrogens with zero attached hydrogens (tertiary/aromatic N) is 1. The van der Waals surface area contributed by atoms with Gasteiger partial charge in [0.2, 0.25) is 5.91 Å². The number of carboxylic acid groups (broad SMARTS) is 1. The van der Waals surface area contributed by atoms with Crippen molar-refractivity contribution in [2.24, 2.45) is 0 Å². The Bertz CT molecular complexity index is 676. The van der Waals surface area contributed by atoms with Gasteiger partial charge in [-0.25, -0.2) is 0 Å². The highest BCUT2D eigenvalue weighted by atomic mass is 16.4. The van der Waals surface area contributed by atoms with Crippen LogP contribution in [-0.2, 0) is 16.1 Å². The number of para-hydroxylation sites is 1. The molecule has 1 amide bonds. The Morgan fingerprint density at radius 3 is 2.16 bits per heavy atom. The molecular formula is C19H22N2O4. The average Bonchev–Trinajstić information content (AvgIpc) is 2.61. The minimum Gasteiger partial charge on any atom is -0.480 e. The van der Waals surface area contributed by atoms with E-state index in [1.54, 1.807) is 29.2 Å². The zero-order chi connectivity index (χ0) is 18.1. The van der Waals surface area contributed by atoms with Crippen molar-refractivity contribution in [3.63, 3.8) is 0 Å². The van der Waals surface area contributed by atoms with Gasteiger partial charge in [0.25, 0.3) is 0 Å². The van der Waals surface area contributed by atoms with Crippen LogP contribution in [0.1, 0.15) is 12.0 Å². The van der Waals surface area contributed by atoms with Crippen molar-refractivity contribution in [3.8, 4) is 0 Å². The summed E-state index contributed by atoms with van der Waals surface area (Å²) in [6, 6.07) is 17.2. The monoisotopic (exact) mass is 342 g/mol. The number of carboxylic acids is 1. The van der Waals surface area contributed by atoms with E-state index in [1.165, 1.54) is 0 Å². The van der Waals surface area contributed by atoms with Gasteiger partial charge in [0.1, 0.15) is 6.04 Å². The zero-order valence-electron chi connectivity index (χ0n) is 13.8. The van der Waals surface area contributed by atoms with Gasteiger partial charge in [0.05, 0.1) is 13.0 Å². The number of carbonyl (C=O) groups excluding carboxylic acids is 1. The molecule has 0 aromatic heterocycles. The molecule has 132 valence electrons. The first kappa shape index (κ1) is 18.6. The number of carbonyl (C=O) groups is 2. The Morgan fingerprint density at radius 2 is 1.60 bits per heavy atom. The predicted molar refractivity (Wildman–Crippen MR) is 95.1 cm³/mol. The Hall–Kier alpha value is -2.70. The molecule has 0 radical (unpaired) electrons. The third kappa shape index (κ3) is 6.02. The smallest absolute Gasteiger partial charge is 0.321 e. The molecule has 0 heterocycles. The number of aliphatic hydroxyl groups is 1. The molecule has 1 atom stereocenters. The fraction of sp³-hybridized carbons (Fsp3) is 0.263. The molecule has 25 heavy (non-hydrogen) atoms. The third-order valence-corrected chi connectivity index (χ3v) is 3.78. The van der Waals surface area contributed by atoms with Gasteiger partial charge in [-0.2, -0.15) is 0 Å². The summed E-state index contributed by atoms with van der Waals surface area (Å²) in [7, 11) is 0. The van der Waals surface area contributed by atoms with E-state index in [1.807, 2.05) is 36.4 Å². The van der Waals surface area contributed by atoms with Crippen LogP contribution in [0.4, 0.5) is 5.69 Å². The van der Waals surface area contributed by atoms with Gasteiger partial charge in [0, 0.05) is 18.8 Å². The first-order chi connectivity index (χ1) is 12.1. The van der Waals surface area contributed by atoms with E-state index in [9.17, 15) is 19.8 Å². The normalized spacial score (nSPS) is 11.9. The molecule has 6 nitrogen and oxygen atoms in total. The summed E-state index contributed by atoms with van der Waals surface area (Å²) >= 11 is 0. The fourth-order valence-corrected chi connectivity index (χ4v) is 2.57. The van der Waals surface area contributed by atoms with Crippen molar-refractivity contribution in [3.05, 3.63) is 66.2 Å². The minimum atomic E-state index is -1.09. The molecule has 0 spiro atoms. The van der Waals surface area contributed by atoms with E-state index in [0.29, 0.717) is 12.2 Å². The molecule has 1 unspecified atom stereocenters. The highest BCUT2D eigenvalue weighted by molar-refractivity contribution is 5.94. The maximum Gasteiger partial charge on any atom is 0.321 e. The highest BCUT2D eigenvalue weighted by Gasteiger charge is 2.28. The van der Waals surface area contributed by atoms with Gasteiger partial charge < -0.3 is 15.5 Å². The third-order valence-electron chi connectivity index (χ3n) is 3.78. The Labute approximate surface area is 146 Å². The molecule has 2 aromatic rings. The molecule has 0 saturated heterocycles. The van der Waals surface area contributed by atoms with Crippen LogP contribution in [0.5, 0.6) is 0 Å². The summed E-state index contributed by atoms with van der Waals surface area (Å²) in [6.45, 7) is 0.332. The molecule has 0 aliphatic heterocycles. The Balaban J connectivity index is 2.07. The van der Waals surface area contributed by atoms with Crippen molar-refractivity contribution < 1.29 is 19.8 Å². The topological polar surface area (TPSA) is 89.9 Å². The average molecular weight is 342 g/mol. The maximum absolute atomic E-state index is 12.2. The number of nitrogens with one attached hydrogen (secondary N) is 1. The fourth-order valence-electron chi connectivity index (χ4n) is 2.57. The van der Waals surface area contributed by atoms with E-state index < -0.39 is 12.0 Å². The molecular weight excluding hydrogens is 320 g/mol. The van der Waals surface area contributed by atoms with E-state index in [-0.39, 0.29) is 25.5 Å².